The molecule has 1 radical (unpaired) electrons. The van der Waals surface area contributed by atoms with Gasteiger partial charge in [-0.1, -0.05) is 0 Å². The van der Waals surface area contributed by atoms with Crippen molar-refractivity contribution in [3.63, 3.8) is 0 Å². The summed E-state index contributed by atoms with van der Waals surface area (Å²) >= 11 is 3.81. The molecule has 0 saturated carbocycles. The van der Waals surface area contributed by atoms with Crippen molar-refractivity contribution in [1.82, 2.24) is 0 Å². The first-order valence-electron chi connectivity index (χ1n) is 3.56. The molecule has 1 aliphatic heterocycles. The Morgan fingerprint density at radius 2 is 1.62 bits per heavy atom. The Morgan fingerprint density at radius 3 is 2.08 bits per heavy atom. The van der Waals surface area contributed by atoms with Gasteiger partial charge in [-0.15, -0.1) is 12.6 Å². The van der Waals surface area contributed by atoms with E-state index in [-0.39, 0.29) is 29.6 Å². The van der Waals surface area contributed by atoms with Crippen molar-refractivity contribution in [3.05, 3.63) is 0 Å². The Balaban J connectivity index is 0.00000144. The summed E-state index contributed by atoms with van der Waals surface area (Å²) in [6.45, 7) is -0.415. The van der Waals surface area contributed by atoms with E-state index in [4.69, 9.17) is 14.9 Å². The van der Waals surface area contributed by atoms with Crippen LogP contribution in [0, 0.1) is 0 Å². The maximum absolute atomic E-state index is 9.20. The Morgan fingerprint density at radius 1 is 1.08 bits per heavy atom. The Bertz CT molecular complexity index is 155. The Hall–Kier alpha value is 1.15. The zero-order chi connectivity index (χ0) is 9.30. The second kappa shape index (κ2) is 5.89. The minimum atomic E-state index is -1.32. The van der Waals surface area contributed by atoms with Gasteiger partial charge in [0.25, 0.3) is 0 Å². The number of aliphatic hydroxyl groups excluding tert-OH is 4. The van der Waals surface area contributed by atoms with Gasteiger partial charge in [0.2, 0.25) is 0 Å². The third-order valence-electron chi connectivity index (χ3n) is 1.87. The fourth-order valence-electron chi connectivity index (χ4n) is 1.08. The molecule has 0 bridgehead atoms. The number of hydrogen-bond donors (Lipinski definition) is 5. The van der Waals surface area contributed by atoms with Crippen LogP contribution in [0.2, 0.25) is 0 Å². The van der Waals surface area contributed by atoms with Gasteiger partial charge >= 0.3 is 0 Å². The van der Waals surface area contributed by atoms with E-state index >= 15 is 0 Å². The van der Waals surface area contributed by atoms with Gasteiger partial charge in [0.15, 0.2) is 0 Å². The van der Waals surface area contributed by atoms with Gasteiger partial charge < -0.3 is 25.2 Å². The van der Waals surface area contributed by atoms with Crippen LogP contribution in [-0.4, -0.2) is 86.4 Å². The summed E-state index contributed by atoms with van der Waals surface area (Å²) in [5, 5.41) is 36.2. The Kier molecular flexibility index (Phi) is 6.41. The van der Waals surface area contributed by atoms with E-state index in [9.17, 15) is 10.2 Å². The number of thiol groups is 1. The fraction of sp³-hybridized carbons (Fsp3) is 1.00. The van der Waals surface area contributed by atoms with E-state index in [2.05, 4.69) is 12.6 Å². The molecule has 5 atom stereocenters. The smallest absolute Gasteiger partial charge is 0.129 e. The van der Waals surface area contributed by atoms with E-state index < -0.39 is 36.5 Å². The summed E-state index contributed by atoms with van der Waals surface area (Å²) in [5.74, 6) is 0. The average molecular weight is 219 g/mol. The SMILES string of the molecule is OC[C@H]1O[C@@H](S)[C@@H](O)[C@@H](O)[C@@H]1O.[Na]. The molecule has 1 saturated heterocycles. The standard InChI is InChI=1S/C6H12O5S.Na/c7-1-2-3(8)4(9)5(10)6(12)11-2;/h2-10,12H,1H2;/t2-,3-,4+,5+,6+;/m1./s1. The molecule has 1 rings (SSSR count). The quantitative estimate of drug-likeness (QED) is 0.245. The average Bonchev–Trinajstić information content (AvgIpc) is 2.08. The number of rotatable bonds is 1. The van der Waals surface area contributed by atoms with Crippen molar-refractivity contribution >= 4 is 42.2 Å². The zero-order valence-corrected chi connectivity index (χ0v) is 10.1. The van der Waals surface area contributed by atoms with E-state index in [1.807, 2.05) is 0 Å². The molecule has 1 aliphatic rings. The molecule has 0 aromatic rings. The van der Waals surface area contributed by atoms with Crippen molar-refractivity contribution < 1.29 is 25.2 Å². The Labute approximate surface area is 103 Å². The third-order valence-corrected chi connectivity index (χ3v) is 2.29. The molecule has 5 nitrogen and oxygen atoms in total. The summed E-state index contributed by atoms with van der Waals surface area (Å²) < 4.78 is 4.88. The molecule has 4 N–H and O–H groups in total. The van der Waals surface area contributed by atoms with E-state index in [1.54, 1.807) is 0 Å². The van der Waals surface area contributed by atoms with Crippen LogP contribution < -0.4 is 0 Å². The number of aliphatic hydroxyl groups is 4. The molecule has 73 valence electrons. The predicted octanol–water partition coefficient (Wildman–Crippen LogP) is -2.66. The second-order valence-corrected chi connectivity index (χ2v) is 3.23. The van der Waals surface area contributed by atoms with Gasteiger partial charge in [0.1, 0.15) is 29.9 Å². The topological polar surface area (TPSA) is 90.2 Å². The molecule has 0 spiro atoms. The molecular weight excluding hydrogens is 207 g/mol. The molecule has 1 heterocycles. The minimum Gasteiger partial charge on any atom is -0.394 e. The molecule has 0 aromatic heterocycles. The van der Waals surface area contributed by atoms with E-state index in [1.165, 1.54) is 0 Å². The van der Waals surface area contributed by atoms with E-state index in [0.29, 0.717) is 0 Å². The maximum atomic E-state index is 9.20. The molecule has 0 aromatic carbocycles. The van der Waals surface area contributed by atoms with Gasteiger partial charge in [-0.25, -0.2) is 0 Å². The van der Waals surface area contributed by atoms with Crippen molar-refractivity contribution in [3.8, 4) is 0 Å². The largest absolute Gasteiger partial charge is 0.394 e. The summed E-state index contributed by atoms with van der Waals surface area (Å²) in [6, 6.07) is 0. The van der Waals surface area contributed by atoms with Crippen LogP contribution in [0.1, 0.15) is 0 Å². The van der Waals surface area contributed by atoms with Gasteiger partial charge in [-0.3, -0.25) is 0 Å². The molecule has 7 heteroatoms. The number of ether oxygens (including phenoxy) is 1. The van der Waals surface area contributed by atoms with Crippen LogP contribution in [0.4, 0.5) is 0 Å². The van der Waals surface area contributed by atoms with Crippen LogP contribution in [0.3, 0.4) is 0 Å². The minimum absolute atomic E-state index is 0. The van der Waals surface area contributed by atoms with Gasteiger partial charge in [-0.05, 0) is 0 Å². The summed E-state index contributed by atoms with van der Waals surface area (Å²) in [7, 11) is 0. The molecule has 0 aliphatic carbocycles. The summed E-state index contributed by atoms with van der Waals surface area (Å²) in [5.41, 5.74) is -0.874. The first-order chi connectivity index (χ1) is 5.57. The van der Waals surface area contributed by atoms with Gasteiger partial charge in [-0.2, -0.15) is 0 Å². The van der Waals surface area contributed by atoms with Crippen molar-refractivity contribution in [2.24, 2.45) is 0 Å². The van der Waals surface area contributed by atoms with Gasteiger partial charge in [0, 0.05) is 29.6 Å². The molecule has 13 heavy (non-hydrogen) atoms. The molecule has 1 fully saturated rings. The van der Waals surface area contributed by atoms with Crippen molar-refractivity contribution in [2.75, 3.05) is 6.61 Å². The van der Waals surface area contributed by atoms with Crippen LogP contribution in [0.25, 0.3) is 0 Å². The molecule has 0 unspecified atom stereocenters. The maximum Gasteiger partial charge on any atom is 0.129 e. The normalized spacial score (nSPS) is 45.5. The van der Waals surface area contributed by atoms with Crippen molar-refractivity contribution in [2.45, 2.75) is 29.9 Å². The van der Waals surface area contributed by atoms with Crippen LogP contribution >= 0.6 is 12.6 Å². The van der Waals surface area contributed by atoms with Crippen LogP contribution in [-0.2, 0) is 4.74 Å². The van der Waals surface area contributed by atoms with Crippen LogP contribution in [0.15, 0.2) is 0 Å². The van der Waals surface area contributed by atoms with Gasteiger partial charge in [0.05, 0.1) is 6.61 Å². The zero-order valence-electron chi connectivity index (χ0n) is 7.24. The summed E-state index contributed by atoms with van der Waals surface area (Å²) in [4.78, 5) is 0. The first kappa shape index (κ1) is 14.2. The van der Waals surface area contributed by atoms with Crippen molar-refractivity contribution in [1.29, 1.82) is 0 Å². The fourth-order valence-corrected chi connectivity index (χ4v) is 1.41. The third kappa shape index (κ3) is 3.05. The first-order valence-corrected chi connectivity index (χ1v) is 4.08. The van der Waals surface area contributed by atoms with E-state index in [0.717, 1.165) is 0 Å². The molecular formula is C6H12NaO5S. The summed E-state index contributed by atoms with van der Waals surface area (Å²) in [6.07, 6.45) is -4.70. The monoisotopic (exact) mass is 219 g/mol. The predicted molar refractivity (Wildman–Crippen MR) is 48.5 cm³/mol. The van der Waals surface area contributed by atoms with Crippen LogP contribution in [0.5, 0.6) is 0 Å². The second-order valence-electron chi connectivity index (χ2n) is 2.72. The molecule has 0 amide bonds. The number of hydrogen-bond acceptors (Lipinski definition) is 6.